The van der Waals surface area contributed by atoms with Gasteiger partial charge in [0.2, 0.25) is 5.78 Å². The van der Waals surface area contributed by atoms with E-state index < -0.39 is 0 Å². The summed E-state index contributed by atoms with van der Waals surface area (Å²) in [6.07, 6.45) is 0. The summed E-state index contributed by atoms with van der Waals surface area (Å²) in [5.41, 5.74) is 3.64. The van der Waals surface area contributed by atoms with Gasteiger partial charge in [0, 0.05) is 11.6 Å². The molecule has 6 nitrogen and oxygen atoms in total. The van der Waals surface area contributed by atoms with Crippen molar-refractivity contribution in [3.05, 3.63) is 81.8 Å². The Kier molecular flexibility index (Phi) is 4.01. The Balaban J connectivity index is 1.62. The highest BCUT2D eigenvalue weighted by Crippen LogP contribution is 2.18. The summed E-state index contributed by atoms with van der Waals surface area (Å²) in [4.78, 5) is 19.9. The number of hydrogen-bond donors (Lipinski definition) is 1. The van der Waals surface area contributed by atoms with E-state index in [2.05, 4.69) is 22.0 Å². The highest BCUT2D eigenvalue weighted by Gasteiger charge is 2.10. The Bertz CT molecular complexity index is 1130. The summed E-state index contributed by atoms with van der Waals surface area (Å²) in [6.45, 7) is 4.35. The second-order valence-corrected chi connectivity index (χ2v) is 6.20. The Labute approximate surface area is 150 Å². The van der Waals surface area contributed by atoms with Crippen LogP contribution in [0.2, 0.25) is 0 Å². The van der Waals surface area contributed by atoms with Crippen molar-refractivity contribution >= 4 is 5.78 Å². The van der Waals surface area contributed by atoms with Gasteiger partial charge in [-0.3, -0.25) is 4.79 Å². The van der Waals surface area contributed by atoms with Crippen LogP contribution in [0, 0.1) is 13.8 Å². The van der Waals surface area contributed by atoms with E-state index in [4.69, 9.17) is 4.74 Å². The molecule has 4 rings (SSSR count). The fourth-order valence-electron chi connectivity index (χ4n) is 2.69. The normalized spacial score (nSPS) is 11.0. The van der Waals surface area contributed by atoms with Gasteiger partial charge in [-0.2, -0.15) is 9.50 Å². The second-order valence-electron chi connectivity index (χ2n) is 6.20. The Morgan fingerprint density at radius 1 is 1.04 bits per heavy atom. The molecule has 0 unspecified atom stereocenters. The zero-order valence-electron chi connectivity index (χ0n) is 14.6. The minimum atomic E-state index is -0.243. The summed E-state index contributed by atoms with van der Waals surface area (Å²) < 4.78 is 7.06. The lowest BCUT2D eigenvalue weighted by Gasteiger charge is -2.08. The third kappa shape index (κ3) is 3.09. The van der Waals surface area contributed by atoms with Crippen molar-refractivity contribution < 1.29 is 4.74 Å². The van der Waals surface area contributed by atoms with Gasteiger partial charge in [0.05, 0.1) is 5.69 Å². The molecule has 1 N–H and O–H groups in total. The van der Waals surface area contributed by atoms with Gasteiger partial charge in [-0.25, -0.2) is 0 Å². The van der Waals surface area contributed by atoms with Crippen LogP contribution in [0.4, 0.5) is 0 Å². The minimum Gasteiger partial charge on any atom is -0.487 e. The van der Waals surface area contributed by atoms with E-state index in [0.717, 1.165) is 16.9 Å². The summed E-state index contributed by atoms with van der Waals surface area (Å²) in [6, 6.07) is 17.0. The largest absolute Gasteiger partial charge is 0.487 e. The van der Waals surface area contributed by atoms with Crippen molar-refractivity contribution in [3.8, 4) is 17.1 Å². The maximum absolute atomic E-state index is 12.3. The standard InChI is InChI=1S/C20H18N4O2/c1-13-8-9-17(10-14(13)2)26-12-16-11-18(25)24-20(21-16)22-19(23-24)15-6-4-3-5-7-15/h3-11H,12H2,1-2H3,(H,21,22,23). The molecule has 0 amide bonds. The van der Waals surface area contributed by atoms with Crippen LogP contribution in [0.3, 0.4) is 0 Å². The third-order valence-electron chi connectivity index (χ3n) is 4.29. The van der Waals surface area contributed by atoms with Crippen LogP contribution in [0.15, 0.2) is 59.4 Å². The molecule has 0 fully saturated rings. The number of aromatic nitrogens is 4. The average Bonchev–Trinajstić information content (AvgIpc) is 3.08. The first-order valence-corrected chi connectivity index (χ1v) is 8.34. The number of nitrogens with one attached hydrogen (secondary N) is 1. The van der Waals surface area contributed by atoms with Gasteiger partial charge in [0.1, 0.15) is 12.4 Å². The van der Waals surface area contributed by atoms with Crippen molar-refractivity contribution in [1.82, 2.24) is 19.6 Å². The van der Waals surface area contributed by atoms with Crippen molar-refractivity contribution in [2.75, 3.05) is 0 Å². The highest BCUT2D eigenvalue weighted by atomic mass is 16.5. The van der Waals surface area contributed by atoms with Crippen LogP contribution >= 0.6 is 0 Å². The molecule has 2 aromatic heterocycles. The molecule has 6 heteroatoms. The van der Waals surface area contributed by atoms with E-state index >= 15 is 0 Å². The molecule has 0 aliphatic carbocycles. The van der Waals surface area contributed by atoms with Crippen LogP contribution in [-0.4, -0.2) is 19.6 Å². The van der Waals surface area contributed by atoms with Gasteiger partial charge in [-0.15, -0.1) is 5.10 Å². The van der Waals surface area contributed by atoms with Crippen LogP contribution in [0.25, 0.3) is 17.2 Å². The zero-order valence-corrected chi connectivity index (χ0v) is 14.6. The molecule has 4 aromatic rings. The lowest BCUT2D eigenvalue weighted by molar-refractivity contribution is 0.301. The van der Waals surface area contributed by atoms with Gasteiger partial charge in [0.25, 0.3) is 5.56 Å². The first-order chi connectivity index (χ1) is 12.6. The van der Waals surface area contributed by atoms with Gasteiger partial charge < -0.3 is 9.72 Å². The molecule has 0 saturated carbocycles. The summed E-state index contributed by atoms with van der Waals surface area (Å²) in [5, 5.41) is 4.28. The topological polar surface area (TPSA) is 72.3 Å². The van der Waals surface area contributed by atoms with E-state index in [9.17, 15) is 4.79 Å². The third-order valence-corrected chi connectivity index (χ3v) is 4.29. The molecule has 130 valence electrons. The monoisotopic (exact) mass is 346 g/mol. The summed E-state index contributed by atoms with van der Waals surface area (Å²) in [5.74, 6) is 1.67. The van der Waals surface area contributed by atoms with Crippen molar-refractivity contribution in [2.45, 2.75) is 20.5 Å². The van der Waals surface area contributed by atoms with Crippen molar-refractivity contribution in [2.24, 2.45) is 0 Å². The predicted octanol–water partition coefficient (Wildman–Crippen LogP) is 3.28. The Morgan fingerprint density at radius 2 is 1.85 bits per heavy atom. The first-order valence-electron chi connectivity index (χ1n) is 8.34. The lowest BCUT2D eigenvalue weighted by atomic mass is 10.1. The molecular formula is C20H18N4O2. The molecule has 0 aliphatic heterocycles. The van der Waals surface area contributed by atoms with Crippen LogP contribution in [0.5, 0.6) is 5.75 Å². The van der Waals surface area contributed by atoms with E-state index in [1.54, 1.807) is 0 Å². The number of rotatable bonds is 4. The number of hydrogen-bond acceptors (Lipinski definition) is 4. The fraction of sp³-hybridized carbons (Fsp3) is 0.150. The van der Waals surface area contributed by atoms with E-state index in [1.165, 1.54) is 16.1 Å². The molecule has 2 aromatic carbocycles. The number of ether oxygens (including phenoxy) is 1. The van der Waals surface area contributed by atoms with E-state index in [-0.39, 0.29) is 12.2 Å². The van der Waals surface area contributed by atoms with Crippen molar-refractivity contribution in [1.29, 1.82) is 0 Å². The van der Waals surface area contributed by atoms with Gasteiger partial charge >= 0.3 is 0 Å². The number of fused-ring (bicyclic) bond motifs is 1. The molecule has 2 heterocycles. The SMILES string of the molecule is Cc1ccc(OCc2cc(=O)n3nc(-c4ccccc4)nc3[nH]2)cc1C. The molecule has 0 aliphatic rings. The minimum absolute atomic E-state index is 0.243. The first kappa shape index (κ1) is 16.1. The number of aromatic amines is 1. The fourth-order valence-corrected chi connectivity index (χ4v) is 2.69. The number of benzene rings is 2. The number of H-pyrrole nitrogens is 1. The highest BCUT2D eigenvalue weighted by molar-refractivity contribution is 5.56. The molecule has 0 spiro atoms. The van der Waals surface area contributed by atoms with Gasteiger partial charge in [-0.1, -0.05) is 36.4 Å². The maximum atomic E-state index is 12.3. The molecule has 0 saturated heterocycles. The zero-order chi connectivity index (χ0) is 18.1. The number of nitrogens with zero attached hydrogens (tertiary/aromatic N) is 3. The predicted molar refractivity (Wildman–Crippen MR) is 99.3 cm³/mol. The van der Waals surface area contributed by atoms with Crippen LogP contribution < -0.4 is 10.3 Å². The van der Waals surface area contributed by atoms with E-state index in [0.29, 0.717) is 17.3 Å². The van der Waals surface area contributed by atoms with Gasteiger partial charge in [0.15, 0.2) is 5.82 Å². The van der Waals surface area contributed by atoms with Crippen LogP contribution in [-0.2, 0) is 6.61 Å². The Hall–Kier alpha value is -3.41. The van der Waals surface area contributed by atoms with Gasteiger partial charge in [-0.05, 0) is 37.1 Å². The summed E-state index contributed by atoms with van der Waals surface area (Å²) in [7, 11) is 0. The molecular weight excluding hydrogens is 328 g/mol. The molecule has 26 heavy (non-hydrogen) atoms. The lowest BCUT2D eigenvalue weighted by Crippen LogP contribution is -2.16. The Morgan fingerprint density at radius 3 is 2.62 bits per heavy atom. The maximum Gasteiger partial charge on any atom is 0.276 e. The number of aryl methyl sites for hydroxylation is 2. The smallest absolute Gasteiger partial charge is 0.276 e. The molecule has 0 atom stereocenters. The van der Waals surface area contributed by atoms with E-state index in [1.807, 2.05) is 55.5 Å². The second kappa shape index (κ2) is 6.48. The quantitative estimate of drug-likeness (QED) is 0.615. The summed E-state index contributed by atoms with van der Waals surface area (Å²) >= 11 is 0. The molecule has 0 radical (unpaired) electrons. The van der Waals surface area contributed by atoms with Crippen LogP contribution in [0.1, 0.15) is 16.8 Å². The molecule has 0 bridgehead atoms. The average molecular weight is 346 g/mol. The van der Waals surface area contributed by atoms with Crippen molar-refractivity contribution in [3.63, 3.8) is 0 Å².